The third-order valence-electron chi connectivity index (χ3n) is 1.14. The van der Waals surface area contributed by atoms with Crippen LogP contribution in [0.1, 0.15) is 6.92 Å². The van der Waals surface area contributed by atoms with Crippen molar-refractivity contribution in [2.24, 2.45) is 4.99 Å². The summed E-state index contributed by atoms with van der Waals surface area (Å²) in [6, 6.07) is 0. The van der Waals surface area contributed by atoms with Gasteiger partial charge in [0.25, 0.3) is 0 Å². The quantitative estimate of drug-likeness (QED) is 0.460. The summed E-state index contributed by atoms with van der Waals surface area (Å²) in [6.45, 7) is 1.98. The van der Waals surface area contributed by atoms with E-state index in [1.165, 1.54) is 6.92 Å². The Hall–Kier alpha value is -0.380. The first-order chi connectivity index (χ1) is 3.63. The molecule has 0 fully saturated rings. The first kappa shape index (κ1) is 5.75. The maximum atomic E-state index is 10.6. The lowest BCUT2D eigenvalue weighted by Gasteiger charge is -1.85. The molecule has 0 aliphatic carbocycles. The van der Waals surface area contributed by atoms with Crippen LogP contribution in [0.4, 0.5) is 0 Å². The van der Waals surface area contributed by atoms with E-state index >= 15 is 0 Å². The lowest BCUT2D eigenvalue weighted by molar-refractivity contribution is 0.609. The topological polar surface area (TPSA) is 46.5 Å². The van der Waals surface area contributed by atoms with E-state index in [2.05, 4.69) is 4.99 Å². The van der Waals surface area contributed by atoms with Gasteiger partial charge in [0.15, 0.2) is 9.84 Å². The Morgan fingerprint density at radius 1 is 1.62 bits per heavy atom. The van der Waals surface area contributed by atoms with Gasteiger partial charge >= 0.3 is 0 Å². The molecule has 1 aliphatic rings. The molecule has 4 heteroatoms. The van der Waals surface area contributed by atoms with E-state index in [4.69, 9.17) is 0 Å². The van der Waals surface area contributed by atoms with Gasteiger partial charge in [-0.1, -0.05) is 0 Å². The standard InChI is InChI=1S/C4H7NO2S/c1-4-5-2-3-8(4,6)7/h2-3H2,1H3. The number of sulfone groups is 1. The molecule has 0 aromatic carbocycles. The molecule has 0 atom stereocenters. The van der Waals surface area contributed by atoms with Crippen molar-refractivity contribution in [3.8, 4) is 0 Å². The van der Waals surface area contributed by atoms with Gasteiger partial charge in [0.2, 0.25) is 0 Å². The van der Waals surface area contributed by atoms with Crippen LogP contribution in [0.3, 0.4) is 0 Å². The summed E-state index contributed by atoms with van der Waals surface area (Å²) in [5, 5.41) is 0.289. The molecule has 0 spiro atoms. The summed E-state index contributed by atoms with van der Waals surface area (Å²) in [5.74, 6) is 0.207. The minimum Gasteiger partial charge on any atom is -0.277 e. The lowest BCUT2D eigenvalue weighted by atomic mass is 10.8. The molecule has 0 saturated heterocycles. The Labute approximate surface area is 48.3 Å². The molecule has 46 valence electrons. The lowest BCUT2D eigenvalue weighted by Crippen LogP contribution is -2.08. The second kappa shape index (κ2) is 1.55. The van der Waals surface area contributed by atoms with Crippen LogP contribution in [0.2, 0.25) is 0 Å². The van der Waals surface area contributed by atoms with Gasteiger partial charge in [0.05, 0.1) is 12.3 Å². The van der Waals surface area contributed by atoms with Crippen molar-refractivity contribution >= 4 is 14.9 Å². The minimum atomic E-state index is -2.88. The fourth-order valence-electron chi connectivity index (χ4n) is 0.569. The first-order valence-corrected chi connectivity index (χ1v) is 4.02. The van der Waals surface area contributed by atoms with E-state index in [1.54, 1.807) is 0 Å². The molecule has 0 N–H and O–H groups in total. The number of hydrogen-bond acceptors (Lipinski definition) is 3. The molecule has 0 radical (unpaired) electrons. The van der Waals surface area contributed by atoms with Crippen molar-refractivity contribution in [3.63, 3.8) is 0 Å². The fourth-order valence-corrected chi connectivity index (χ4v) is 1.48. The van der Waals surface area contributed by atoms with Crippen molar-refractivity contribution in [1.29, 1.82) is 0 Å². The summed E-state index contributed by atoms with van der Waals surface area (Å²) < 4.78 is 21.3. The maximum absolute atomic E-state index is 10.6. The van der Waals surface area contributed by atoms with E-state index in [-0.39, 0.29) is 10.8 Å². The molecule has 1 heterocycles. The highest BCUT2D eigenvalue weighted by molar-refractivity contribution is 8.06. The number of hydrogen-bond donors (Lipinski definition) is 0. The third-order valence-corrected chi connectivity index (χ3v) is 2.89. The average Bonchev–Trinajstić information content (AvgIpc) is 1.86. The van der Waals surface area contributed by atoms with E-state index in [0.717, 1.165) is 0 Å². The summed E-state index contributed by atoms with van der Waals surface area (Å²) >= 11 is 0. The van der Waals surface area contributed by atoms with Crippen LogP contribution in [-0.4, -0.2) is 25.8 Å². The van der Waals surface area contributed by atoms with Crippen molar-refractivity contribution < 1.29 is 8.42 Å². The summed E-state index contributed by atoms with van der Waals surface area (Å²) in [4.78, 5) is 3.72. The Kier molecular flexibility index (Phi) is 1.11. The molecule has 3 nitrogen and oxygen atoms in total. The molecule has 0 amide bonds. The van der Waals surface area contributed by atoms with Crippen LogP contribution < -0.4 is 0 Å². The van der Waals surface area contributed by atoms with Gasteiger partial charge in [-0.3, -0.25) is 4.99 Å². The molecule has 0 aromatic heterocycles. The number of nitrogens with zero attached hydrogens (tertiary/aromatic N) is 1. The first-order valence-electron chi connectivity index (χ1n) is 2.37. The largest absolute Gasteiger partial charge is 0.277 e. The Bertz CT molecular complexity index is 214. The van der Waals surface area contributed by atoms with Crippen LogP contribution in [0.25, 0.3) is 0 Å². The SMILES string of the molecule is CC1=NCCS1(=O)=O. The van der Waals surface area contributed by atoms with E-state index in [0.29, 0.717) is 6.54 Å². The van der Waals surface area contributed by atoms with Gasteiger partial charge in [-0.25, -0.2) is 8.42 Å². The van der Waals surface area contributed by atoms with Crippen molar-refractivity contribution in [2.75, 3.05) is 12.3 Å². The molecular weight excluding hydrogens is 126 g/mol. The zero-order chi connectivity index (χ0) is 6.20. The molecule has 0 unspecified atom stereocenters. The Morgan fingerprint density at radius 3 is 2.38 bits per heavy atom. The summed E-state index contributed by atoms with van der Waals surface area (Å²) in [5.41, 5.74) is 0. The second-order valence-electron chi connectivity index (χ2n) is 1.72. The van der Waals surface area contributed by atoms with Crippen LogP contribution >= 0.6 is 0 Å². The van der Waals surface area contributed by atoms with Crippen LogP contribution in [-0.2, 0) is 9.84 Å². The predicted octanol–water partition coefficient (Wildman–Crippen LogP) is -0.167. The monoisotopic (exact) mass is 133 g/mol. The smallest absolute Gasteiger partial charge is 0.192 e. The van der Waals surface area contributed by atoms with Crippen molar-refractivity contribution in [3.05, 3.63) is 0 Å². The van der Waals surface area contributed by atoms with E-state index < -0.39 is 9.84 Å². The average molecular weight is 133 g/mol. The maximum Gasteiger partial charge on any atom is 0.192 e. The van der Waals surface area contributed by atoms with Gasteiger partial charge in [-0.05, 0) is 6.92 Å². The Balaban J connectivity index is 3.08. The van der Waals surface area contributed by atoms with Gasteiger partial charge < -0.3 is 0 Å². The predicted molar refractivity (Wildman–Crippen MR) is 31.8 cm³/mol. The highest BCUT2D eigenvalue weighted by atomic mass is 32.2. The van der Waals surface area contributed by atoms with Crippen molar-refractivity contribution in [1.82, 2.24) is 0 Å². The molecule has 0 saturated carbocycles. The highest BCUT2D eigenvalue weighted by Gasteiger charge is 2.19. The number of rotatable bonds is 0. The van der Waals surface area contributed by atoms with Crippen molar-refractivity contribution in [2.45, 2.75) is 6.92 Å². The zero-order valence-corrected chi connectivity index (χ0v) is 5.40. The fraction of sp³-hybridized carbons (Fsp3) is 0.750. The summed E-state index contributed by atoms with van der Waals surface area (Å²) in [6.07, 6.45) is 0. The molecular formula is C4H7NO2S. The van der Waals surface area contributed by atoms with Crippen LogP contribution in [0.5, 0.6) is 0 Å². The molecule has 1 rings (SSSR count). The van der Waals surface area contributed by atoms with Gasteiger partial charge in [0, 0.05) is 0 Å². The minimum absolute atomic E-state index is 0.207. The molecule has 1 aliphatic heterocycles. The second-order valence-corrected chi connectivity index (χ2v) is 3.95. The highest BCUT2D eigenvalue weighted by Crippen LogP contribution is 2.01. The van der Waals surface area contributed by atoms with Gasteiger partial charge in [0.1, 0.15) is 5.04 Å². The molecule has 0 bridgehead atoms. The molecule has 8 heavy (non-hydrogen) atoms. The van der Waals surface area contributed by atoms with Crippen LogP contribution in [0.15, 0.2) is 4.99 Å². The number of aliphatic imine (C=N–C) groups is 1. The van der Waals surface area contributed by atoms with Gasteiger partial charge in [-0.2, -0.15) is 0 Å². The summed E-state index contributed by atoms with van der Waals surface area (Å²) in [7, 11) is -2.88. The van der Waals surface area contributed by atoms with E-state index in [9.17, 15) is 8.42 Å². The third kappa shape index (κ3) is 0.753. The molecule has 0 aromatic rings. The van der Waals surface area contributed by atoms with E-state index in [1.807, 2.05) is 0 Å². The van der Waals surface area contributed by atoms with Gasteiger partial charge in [-0.15, -0.1) is 0 Å². The zero-order valence-electron chi connectivity index (χ0n) is 4.59. The normalized spacial score (nSPS) is 25.4. The Morgan fingerprint density at radius 2 is 2.25 bits per heavy atom. The van der Waals surface area contributed by atoms with Crippen LogP contribution in [0, 0.1) is 0 Å².